The van der Waals surface area contributed by atoms with Crippen LogP contribution in [-0.4, -0.2) is 30.9 Å². The maximum Gasteiger partial charge on any atom is 0.507 e. The van der Waals surface area contributed by atoms with E-state index in [1.54, 1.807) is 24.3 Å². The van der Waals surface area contributed by atoms with Gasteiger partial charge in [-0.15, -0.1) is 0 Å². The first kappa shape index (κ1) is 19.7. The molecule has 2 aromatic carbocycles. The first-order valence-electron chi connectivity index (χ1n) is 8.12. The number of hydrogen-bond donors (Lipinski definition) is 0. The molecule has 5 nitrogen and oxygen atoms in total. The summed E-state index contributed by atoms with van der Waals surface area (Å²) in [5.74, 6) is -1.82. The molecule has 28 heavy (non-hydrogen) atoms. The summed E-state index contributed by atoms with van der Waals surface area (Å²) in [5.41, 5.74) is 0.234. The SMILES string of the molecule is COc1ccccc1C(=O)CCC(=O)c1ccc2c(c1)OC(F)(F)C(F)(F)O2. The van der Waals surface area contributed by atoms with E-state index >= 15 is 0 Å². The molecule has 0 bridgehead atoms. The van der Waals surface area contributed by atoms with Crippen molar-refractivity contribution in [2.75, 3.05) is 7.11 Å². The lowest BCUT2D eigenvalue weighted by atomic mass is 10.0. The minimum Gasteiger partial charge on any atom is -0.496 e. The standard InChI is InChI=1S/C19H14F4O5/c1-26-15-5-3-2-4-12(15)14(25)8-7-13(24)11-6-9-16-17(10-11)28-19(22,23)18(20,21)27-16/h2-6,9-10H,7-8H2,1H3. The summed E-state index contributed by atoms with van der Waals surface area (Å²) >= 11 is 0. The molecule has 1 heterocycles. The second-order valence-corrected chi connectivity index (χ2v) is 5.95. The molecule has 0 atom stereocenters. The average Bonchev–Trinajstić information content (AvgIpc) is 2.65. The monoisotopic (exact) mass is 398 g/mol. The van der Waals surface area contributed by atoms with Gasteiger partial charge in [-0.05, 0) is 30.3 Å². The van der Waals surface area contributed by atoms with Crippen molar-refractivity contribution in [3.63, 3.8) is 0 Å². The van der Waals surface area contributed by atoms with Crippen LogP contribution in [0.4, 0.5) is 17.6 Å². The Morgan fingerprint density at radius 1 is 0.893 bits per heavy atom. The van der Waals surface area contributed by atoms with Crippen molar-refractivity contribution < 1.29 is 41.4 Å². The summed E-state index contributed by atoms with van der Waals surface area (Å²) < 4.78 is 65.9. The van der Waals surface area contributed by atoms with Gasteiger partial charge in [0.1, 0.15) is 5.75 Å². The van der Waals surface area contributed by atoms with Crippen molar-refractivity contribution in [2.24, 2.45) is 0 Å². The van der Waals surface area contributed by atoms with E-state index in [1.807, 2.05) is 0 Å². The second-order valence-electron chi connectivity index (χ2n) is 5.95. The van der Waals surface area contributed by atoms with Crippen molar-refractivity contribution in [2.45, 2.75) is 25.1 Å². The Labute approximate surface area is 156 Å². The van der Waals surface area contributed by atoms with E-state index in [9.17, 15) is 27.2 Å². The first-order chi connectivity index (χ1) is 13.1. The van der Waals surface area contributed by atoms with Crippen molar-refractivity contribution >= 4 is 11.6 Å². The fraction of sp³-hybridized carbons (Fsp3) is 0.263. The van der Waals surface area contributed by atoms with Gasteiger partial charge < -0.3 is 14.2 Å². The van der Waals surface area contributed by atoms with Crippen LogP contribution in [0.5, 0.6) is 17.2 Å². The maximum absolute atomic E-state index is 13.3. The van der Waals surface area contributed by atoms with Crippen molar-refractivity contribution in [3.05, 3.63) is 53.6 Å². The molecule has 0 saturated carbocycles. The maximum atomic E-state index is 13.3. The number of Topliss-reactive ketones (excluding diaryl/α,β-unsaturated/α-hetero) is 2. The molecular formula is C19H14F4O5. The molecule has 148 valence electrons. The van der Waals surface area contributed by atoms with Gasteiger partial charge in [0.25, 0.3) is 0 Å². The minimum atomic E-state index is -4.87. The zero-order valence-electron chi connectivity index (χ0n) is 14.5. The number of ketones is 2. The Morgan fingerprint density at radius 2 is 1.50 bits per heavy atom. The summed E-state index contributed by atoms with van der Waals surface area (Å²) in [4.78, 5) is 24.6. The number of hydrogen-bond acceptors (Lipinski definition) is 5. The van der Waals surface area contributed by atoms with Crippen molar-refractivity contribution in [3.8, 4) is 17.2 Å². The molecule has 0 aromatic heterocycles. The molecule has 1 aliphatic rings. The third kappa shape index (κ3) is 3.64. The Balaban J connectivity index is 1.72. The molecule has 3 rings (SSSR count). The highest BCUT2D eigenvalue weighted by molar-refractivity contribution is 6.03. The van der Waals surface area contributed by atoms with Gasteiger partial charge in [-0.3, -0.25) is 9.59 Å². The minimum absolute atomic E-state index is 0.0730. The molecule has 0 radical (unpaired) electrons. The van der Waals surface area contributed by atoms with E-state index in [0.717, 1.165) is 18.2 Å². The lowest BCUT2D eigenvalue weighted by Crippen LogP contribution is -2.52. The Morgan fingerprint density at radius 3 is 2.18 bits per heavy atom. The molecule has 0 aliphatic carbocycles. The lowest BCUT2D eigenvalue weighted by Gasteiger charge is -2.31. The van der Waals surface area contributed by atoms with Crippen LogP contribution in [0, 0.1) is 0 Å². The van der Waals surface area contributed by atoms with Crippen LogP contribution in [-0.2, 0) is 0 Å². The highest BCUT2D eigenvalue weighted by Gasteiger charge is 2.65. The van der Waals surface area contributed by atoms with Crippen molar-refractivity contribution in [1.82, 2.24) is 0 Å². The third-order valence-electron chi connectivity index (χ3n) is 4.07. The Bertz CT molecular complexity index is 926. The van der Waals surface area contributed by atoms with E-state index in [2.05, 4.69) is 9.47 Å². The second kappa shape index (κ2) is 7.14. The number of alkyl halides is 4. The lowest BCUT2D eigenvalue weighted by molar-refractivity contribution is -0.391. The van der Waals surface area contributed by atoms with Gasteiger partial charge in [0.2, 0.25) is 0 Å². The summed E-state index contributed by atoms with van der Waals surface area (Å²) in [6.07, 6.45) is -10.1. The molecular weight excluding hydrogens is 384 g/mol. The molecule has 9 heteroatoms. The molecule has 2 aromatic rings. The largest absolute Gasteiger partial charge is 0.507 e. The Hall–Kier alpha value is -3.10. The third-order valence-corrected chi connectivity index (χ3v) is 4.07. The molecule has 0 fully saturated rings. The first-order valence-corrected chi connectivity index (χ1v) is 8.12. The van der Waals surface area contributed by atoms with Crippen LogP contribution in [0.15, 0.2) is 42.5 Å². The summed E-state index contributed by atoms with van der Waals surface area (Å²) in [6.45, 7) is 0. The summed E-state index contributed by atoms with van der Waals surface area (Å²) in [5, 5.41) is 0. The van der Waals surface area contributed by atoms with Crippen LogP contribution in [0.2, 0.25) is 0 Å². The van der Waals surface area contributed by atoms with E-state index < -0.39 is 29.5 Å². The number of halogens is 4. The van der Waals surface area contributed by atoms with Gasteiger partial charge in [0.15, 0.2) is 23.1 Å². The normalized spacial score (nSPS) is 16.3. The highest BCUT2D eigenvalue weighted by atomic mass is 19.3. The van der Waals surface area contributed by atoms with Gasteiger partial charge in [0, 0.05) is 18.4 Å². The topological polar surface area (TPSA) is 61.8 Å². The predicted molar refractivity (Wildman–Crippen MR) is 88.5 cm³/mol. The molecule has 0 spiro atoms. The number of rotatable bonds is 6. The van der Waals surface area contributed by atoms with Gasteiger partial charge in [-0.2, -0.15) is 17.6 Å². The van der Waals surface area contributed by atoms with Gasteiger partial charge >= 0.3 is 12.2 Å². The predicted octanol–water partition coefficient (Wildman–Crippen LogP) is 4.50. The van der Waals surface area contributed by atoms with Gasteiger partial charge in [-0.1, -0.05) is 12.1 Å². The number of methoxy groups -OCH3 is 1. The van der Waals surface area contributed by atoms with Crippen LogP contribution < -0.4 is 14.2 Å². The number of carbonyl (C=O) groups is 2. The van der Waals surface area contributed by atoms with E-state index in [1.165, 1.54) is 7.11 Å². The number of para-hydroxylation sites is 1. The van der Waals surface area contributed by atoms with Gasteiger partial charge in [-0.25, -0.2) is 0 Å². The Kier molecular flexibility index (Phi) is 5.01. The van der Waals surface area contributed by atoms with Crippen LogP contribution in [0.25, 0.3) is 0 Å². The number of benzene rings is 2. The van der Waals surface area contributed by atoms with E-state index in [0.29, 0.717) is 11.3 Å². The molecule has 0 unspecified atom stereocenters. The molecule has 0 amide bonds. The van der Waals surface area contributed by atoms with Crippen LogP contribution >= 0.6 is 0 Å². The highest BCUT2D eigenvalue weighted by Crippen LogP contribution is 2.47. The fourth-order valence-electron chi connectivity index (χ4n) is 2.62. The zero-order valence-corrected chi connectivity index (χ0v) is 14.5. The van der Waals surface area contributed by atoms with E-state index in [-0.39, 0.29) is 24.2 Å². The summed E-state index contributed by atoms with van der Waals surface area (Å²) in [6, 6.07) is 9.45. The van der Waals surface area contributed by atoms with Crippen molar-refractivity contribution in [1.29, 1.82) is 0 Å². The van der Waals surface area contributed by atoms with Gasteiger partial charge in [0.05, 0.1) is 12.7 Å². The van der Waals surface area contributed by atoms with Crippen LogP contribution in [0.3, 0.4) is 0 Å². The summed E-state index contributed by atoms with van der Waals surface area (Å²) in [7, 11) is 1.41. The fourth-order valence-corrected chi connectivity index (χ4v) is 2.62. The number of carbonyl (C=O) groups excluding carboxylic acids is 2. The van der Waals surface area contributed by atoms with Crippen LogP contribution in [0.1, 0.15) is 33.6 Å². The smallest absolute Gasteiger partial charge is 0.496 e. The molecule has 0 saturated heterocycles. The molecule has 1 aliphatic heterocycles. The number of ether oxygens (including phenoxy) is 3. The molecule has 0 N–H and O–H groups in total. The quantitative estimate of drug-likeness (QED) is 0.530. The van der Waals surface area contributed by atoms with E-state index in [4.69, 9.17) is 4.74 Å². The number of fused-ring (bicyclic) bond motifs is 1. The zero-order chi connectivity index (χ0) is 20.5. The average molecular weight is 398 g/mol.